The van der Waals surface area contributed by atoms with Gasteiger partial charge in [-0.05, 0) is 37.8 Å². The van der Waals surface area contributed by atoms with E-state index in [0.29, 0.717) is 5.41 Å². The second-order valence-corrected chi connectivity index (χ2v) is 4.50. The molecule has 0 N–H and O–H groups in total. The molecule has 0 aliphatic heterocycles. The maximum Gasteiger partial charge on any atom is 0.0320 e. The van der Waals surface area contributed by atoms with Gasteiger partial charge in [0.2, 0.25) is 0 Å². The van der Waals surface area contributed by atoms with Crippen molar-refractivity contribution < 1.29 is 0 Å². The first-order valence-electron chi connectivity index (χ1n) is 4.82. The quantitative estimate of drug-likeness (QED) is 0.632. The summed E-state index contributed by atoms with van der Waals surface area (Å²) in [5.41, 5.74) is 4.54. The molecular formula is C12H15Cl. The Hall–Kier alpha value is -0.490. The maximum absolute atomic E-state index is 6.00. The van der Waals surface area contributed by atoms with E-state index in [1.54, 1.807) is 0 Å². The van der Waals surface area contributed by atoms with Crippen LogP contribution in [0.1, 0.15) is 29.5 Å². The van der Waals surface area contributed by atoms with E-state index in [0.717, 1.165) is 5.88 Å². The lowest BCUT2D eigenvalue weighted by Crippen LogP contribution is -2.10. The summed E-state index contributed by atoms with van der Waals surface area (Å²) in [7, 11) is 0. The molecule has 13 heavy (non-hydrogen) atoms. The lowest BCUT2D eigenvalue weighted by atomic mass is 9.92. The Morgan fingerprint density at radius 2 is 2.00 bits per heavy atom. The second-order valence-electron chi connectivity index (χ2n) is 4.23. The number of rotatable bonds is 2. The fraction of sp³-hybridized carbons (Fsp3) is 0.500. The highest BCUT2D eigenvalue weighted by Crippen LogP contribution is 2.50. The Morgan fingerprint density at radius 1 is 1.31 bits per heavy atom. The van der Waals surface area contributed by atoms with Crippen molar-refractivity contribution in [3.05, 3.63) is 34.9 Å². The molecule has 1 aromatic carbocycles. The van der Waals surface area contributed by atoms with Gasteiger partial charge in [0.1, 0.15) is 0 Å². The molecule has 0 spiro atoms. The average molecular weight is 195 g/mol. The minimum Gasteiger partial charge on any atom is -0.126 e. The van der Waals surface area contributed by atoms with Crippen molar-refractivity contribution in [3.8, 4) is 0 Å². The smallest absolute Gasteiger partial charge is 0.0320 e. The predicted octanol–water partition coefficient (Wildman–Crippen LogP) is 3.57. The van der Waals surface area contributed by atoms with E-state index in [1.807, 2.05) is 0 Å². The van der Waals surface area contributed by atoms with Gasteiger partial charge in [-0.2, -0.15) is 0 Å². The minimum absolute atomic E-state index is 0.333. The molecule has 0 aromatic heterocycles. The first kappa shape index (κ1) is 9.08. The normalized spacial score (nSPS) is 18.7. The zero-order chi connectivity index (χ0) is 9.47. The zero-order valence-electron chi connectivity index (χ0n) is 8.23. The predicted molar refractivity (Wildman–Crippen MR) is 57.5 cm³/mol. The van der Waals surface area contributed by atoms with E-state index in [9.17, 15) is 0 Å². The molecule has 70 valence electrons. The largest absolute Gasteiger partial charge is 0.126 e. The first-order valence-corrected chi connectivity index (χ1v) is 5.35. The zero-order valence-corrected chi connectivity index (χ0v) is 8.99. The molecule has 0 amide bonds. The third-order valence-corrected chi connectivity index (χ3v) is 3.57. The molecule has 0 atom stereocenters. The molecule has 1 aromatic rings. The lowest BCUT2D eigenvalue weighted by molar-refractivity contribution is 0.788. The summed E-state index contributed by atoms with van der Waals surface area (Å²) in [5, 5.41) is 0. The Balaban J connectivity index is 2.41. The van der Waals surface area contributed by atoms with Crippen LogP contribution >= 0.6 is 11.6 Å². The van der Waals surface area contributed by atoms with Gasteiger partial charge in [-0.15, -0.1) is 11.6 Å². The van der Waals surface area contributed by atoms with Crippen molar-refractivity contribution in [2.75, 3.05) is 5.88 Å². The van der Waals surface area contributed by atoms with Crippen molar-refractivity contribution in [1.82, 2.24) is 0 Å². The number of benzene rings is 1. The average Bonchev–Trinajstić information content (AvgIpc) is 2.85. The van der Waals surface area contributed by atoms with Gasteiger partial charge < -0.3 is 0 Å². The molecule has 1 heteroatoms. The number of halogens is 1. The fourth-order valence-electron chi connectivity index (χ4n) is 2.03. The van der Waals surface area contributed by atoms with Gasteiger partial charge >= 0.3 is 0 Å². The summed E-state index contributed by atoms with van der Waals surface area (Å²) in [6, 6.07) is 6.69. The summed E-state index contributed by atoms with van der Waals surface area (Å²) in [4.78, 5) is 0. The Labute approximate surface area is 84.9 Å². The summed E-state index contributed by atoms with van der Waals surface area (Å²) < 4.78 is 0. The summed E-state index contributed by atoms with van der Waals surface area (Å²) in [6.45, 7) is 4.33. The second kappa shape index (κ2) is 3.02. The van der Waals surface area contributed by atoms with Crippen LogP contribution < -0.4 is 0 Å². The van der Waals surface area contributed by atoms with Gasteiger partial charge in [-0.25, -0.2) is 0 Å². The molecule has 0 saturated heterocycles. The molecule has 1 aliphatic carbocycles. The Kier molecular flexibility index (Phi) is 2.11. The van der Waals surface area contributed by atoms with Gasteiger partial charge in [0, 0.05) is 11.3 Å². The van der Waals surface area contributed by atoms with Gasteiger partial charge in [0.15, 0.2) is 0 Å². The molecule has 0 heterocycles. The number of aryl methyl sites for hydroxylation is 2. The van der Waals surface area contributed by atoms with E-state index in [4.69, 9.17) is 11.6 Å². The highest BCUT2D eigenvalue weighted by Gasteiger charge is 2.44. The van der Waals surface area contributed by atoms with Crippen LogP contribution in [-0.4, -0.2) is 5.88 Å². The molecule has 0 radical (unpaired) electrons. The van der Waals surface area contributed by atoms with E-state index in [2.05, 4.69) is 32.0 Å². The van der Waals surface area contributed by atoms with Crippen LogP contribution in [0.4, 0.5) is 0 Å². The van der Waals surface area contributed by atoms with E-state index < -0.39 is 0 Å². The van der Waals surface area contributed by atoms with Crippen molar-refractivity contribution in [2.24, 2.45) is 0 Å². The monoisotopic (exact) mass is 194 g/mol. The third kappa shape index (κ3) is 1.48. The standard InChI is InChI=1S/C12H15Cl/c1-9-3-4-11(10(2)7-9)12(8-13)5-6-12/h3-4,7H,5-6,8H2,1-2H3. The molecule has 0 bridgehead atoms. The molecule has 1 saturated carbocycles. The molecule has 2 rings (SSSR count). The van der Waals surface area contributed by atoms with Crippen molar-refractivity contribution in [2.45, 2.75) is 32.1 Å². The van der Waals surface area contributed by atoms with E-state index in [1.165, 1.54) is 29.5 Å². The van der Waals surface area contributed by atoms with Gasteiger partial charge in [-0.3, -0.25) is 0 Å². The van der Waals surface area contributed by atoms with Crippen LogP contribution in [0.3, 0.4) is 0 Å². The van der Waals surface area contributed by atoms with Crippen molar-refractivity contribution in [1.29, 1.82) is 0 Å². The Bertz CT molecular complexity index is 324. The van der Waals surface area contributed by atoms with Crippen LogP contribution in [0.25, 0.3) is 0 Å². The van der Waals surface area contributed by atoms with Gasteiger partial charge in [0.05, 0.1) is 0 Å². The number of alkyl halides is 1. The van der Waals surface area contributed by atoms with Gasteiger partial charge in [-0.1, -0.05) is 23.8 Å². The summed E-state index contributed by atoms with van der Waals surface area (Å²) >= 11 is 6.00. The van der Waals surface area contributed by atoms with E-state index >= 15 is 0 Å². The maximum atomic E-state index is 6.00. The Morgan fingerprint density at radius 3 is 2.46 bits per heavy atom. The van der Waals surface area contributed by atoms with Gasteiger partial charge in [0.25, 0.3) is 0 Å². The van der Waals surface area contributed by atoms with Crippen LogP contribution in [0.15, 0.2) is 18.2 Å². The van der Waals surface area contributed by atoms with E-state index in [-0.39, 0.29) is 0 Å². The highest BCUT2D eigenvalue weighted by molar-refractivity contribution is 6.19. The topological polar surface area (TPSA) is 0 Å². The van der Waals surface area contributed by atoms with Crippen LogP contribution in [-0.2, 0) is 5.41 Å². The minimum atomic E-state index is 0.333. The molecule has 1 fully saturated rings. The van der Waals surface area contributed by atoms with Crippen molar-refractivity contribution >= 4 is 11.6 Å². The highest BCUT2D eigenvalue weighted by atomic mass is 35.5. The van der Waals surface area contributed by atoms with Crippen LogP contribution in [0.2, 0.25) is 0 Å². The van der Waals surface area contributed by atoms with Crippen LogP contribution in [0, 0.1) is 13.8 Å². The van der Waals surface area contributed by atoms with Crippen LogP contribution in [0.5, 0.6) is 0 Å². The molecule has 0 nitrogen and oxygen atoms in total. The number of hydrogen-bond acceptors (Lipinski definition) is 0. The molecule has 1 aliphatic rings. The molecular weight excluding hydrogens is 180 g/mol. The first-order chi connectivity index (χ1) is 6.18. The fourth-order valence-corrected chi connectivity index (χ4v) is 2.45. The third-order valence-electron chi connectivity index (χ3n) is 3.06. The lowest BCUT2D eigenvalue weighted by Gasteiger charge is -2.15. The van der Waals surface area contributed by atoms with Crippen molar-refractivity contribution in [3.63, 3.8) is 0 Å². The SMILES string of the molecule is Cc1ccc(C2(CCl)CC2)c(C)c1. The summed E-state index contributed by atoms with van der Waals surface area (Å²) in [6.07, 6.45) is 2.53. The molecule has 0 unspecified atom stereocenters. The summed E-state index contributed by atoms with van der Waals surface area (Å²) in [5.74, 6) is 0.775. The number of hydrogen-bond donors (Lipinski definition) is 0.